The molecule has 2 heterocycles. The van der Waals surface area contributed by atoms with Gasteiger partial charge in [-0.25, -0.2) is 9.59 Å². The monoisotopic (exact) mass is 374 g/mol. The van der Waals surface area contributed by atoms with Gasteiger partial charge in [-0.05, 0) is 24.8 Å². The van der Waals surface area contributed by atoms with Gasteiger partial charge in [0, 0.05) is 22.8 Å². The molecule has 0 spiro atoms. The highest BCUT2D eigenvalue weighted by Crippen LogP contribution is 2.44. The molecule has 26 heavy (non-hydrogen) atoms. The number of carbonyl (C=O) groups is 2. The third-order valence-corrected chi connectivity index (χ3v) is 5.37. The number of rotatable bonds is 4. The van der Waals surface area contributed by atoms with Crippen molar-refractivity contribution in [3.8, 4) is 0 Å². The van der Waals surface area contributed by atoms with Crippen molar-refractivity contribution in [3.05, 3.63) is 61.8 Å². The number of hydrogen-bond acceptors (Lipinski definition) is 6. The van der Waals surface area contributed by atoms with Gasteiger partial charge in [0.1, 0.15) is 4.70 Å². The van der Waals surface area contributed by atoms with E-state index in [0.717, 1.165) is 11.3 Å². The van der Waals surface area contributed by atoms with E-state index in [1.165, 1.54) is 12.1 Å². The molecule has 2 aromatic rings. The lowest BCUT2D eigenvalue weighted by molar-refractivity contribution is -0.382. The van der Waals surface area contributed by atoms with Gasteiger partial charge >= 0.3 is 11.9 Å². The van der Waals surface area contributed by atoms with Crippen LogP contribution in [0.15, 0.2) is 46.1 Å². The Bertz CT molecular complexity index is 997. The van der Waals surface area contributed by atoms with Crippen molar-refractivity contribution in [3.63, 3.8) is 0 Å². The van der Waals surface area contributed by atoms with Gasteiger partial charge in [0.2, 0.25) is 0 Å². The maximum atomic E-state index is 11.8. The smallest absolute Gasteiger partial charge is 0.334 e. The Hall–Kier alpha value is -3.20. The second-order valence-electron chi connectivity index (χ2n) is 5.85. The van der Waals surface area contributed by atoms with Crippen LogP contribution in [0.4, 0.5) is 5.69 Å². The zero-order chi connectivity index (χ0) is 19.2. The number of fused-ring (bicyclic) bond motifs is 1. The van der Waals surface area contributed by atoms with Crippen LogP contribution < -0.4 is 5.32 Å². The fourth-order valence-corrected chi connectivity index (χ4v) is 4.39. The number of aliphatic carboxylic acids is 2. The Labute approximate surface area is 151 Å². The number of dihydropyridines is 1. The first kappa shape index (κ1) is 17.6. The average Bonchev–Trinajstić information content (AvgIpc) is 2.96. The molecule has 1 aromatic carbocycles. The van der Waals surface area contributed by atoms with Crippen molar-refractivity contribution >= 4 is 39.0 Å². The van der Waals surface area contributed by atoms with Crippen molar-refractivity contribution in [1.82, 2.24) is 5.32 Å². The van der Waals surface area contributed by atoms with E-state index in [2.05, 4.69) is 5.32 Å². The molecule has 0 saturated carbocycles. The number of nitrogens with one attached hydrogen (secondary N) is 1. The fraction of sp³-hybridized carbons (Fsp3) is 0.176. The van der Waals surface area contributed by atoms with Crippen LogP contribution in [-0.2, 0) is 9.59 Å². The van der Waals surface area contributed by atoms with E-state index in [1.54, 1.807) is 25.3 Å². The highest BCUT2D eigenvalue weighted by molar-refractivity contribution is 7.18. The average molecular weight is 374 g/mol. The Morgan fingerprint density at radius 1 is 1.15 bits per heavy atom. The molecule has 0 unspecified atom stereocenters. The normalized spacial score (nSPS) is 15.3. The Morgan fingerprint density at radius 2 is 1.73 bits per heavy atom. The van der Waals surface area contributed by atoms with E-state index >= 15 is 0 Å². The van der Waals surface area contributed by atoms with Crippen LogP contribution in [0.25, 0.3) is 10.1 Å². The molecular formula is C17H14N2O6S. The molecule has 0 saturated heterocycles. The summed E-state index contributed by atoms with van der Waals surface area (Å²) in [7, 11) is 0. The number of hydrogen-bond donors (Lipinski definition) is 3. The number of carboxylic acids is 2. The van der Waals surface area contributed by atoms with Gasteiger partial charge in [0.15, 0.2) is 0 Å². The maximum Gasteiger partial charge on any atom is 0.334 e. The van der Waals surface area contributed by atoms with Crippen molar-refractivity contribution in [2.24, 2.45) is 0 Å². The van der Waals surface area contributed by atoms with Crippen molar-refractivity contribution < 1.29 is 24.7 Å². The summed E-state index contributed by atoms with van der Waals surface area (Å²) in [6.45, 7) is 3.13. The van der Waals surface area contributed by atoms with Crippen LogP contribution in [0, 0.1) is 10.1 Å². The first-order chi connectivity index (χ1) is 12.2. The van der Waals surface area contributed by atoms with Crippen LogP contribution >= 0.6 is 11.3 Å². The third-order valence-electron chi connectivity index (χ3n) is 4.34. The summed E-state index contributed by atoms with van der Waals surface area (Å²) >= 11 is 1.10. The van der Waals surface area contributed by atoms with Crippen molar-refractivity contribution in [1.29, 1.82) is 0 Å². The quantitative estimate of drug-likeness (QED) is 0.553. The number of non-ortho nitro benzene ring substituents is 1. The molecule has 0 radical (unpaired) electrons. The molecule has 0 bridgehead atoms. The molecule has 8 nitrogen and oxygen atoms in total. The number of allylic oxidation sites excluding steroid dienone is 2. The second kappa shape index (κ2) is 6.26. The summed E-state index contributed by atoms with van der Waals surface area (Å²) in [5.41, 5.74) is 0.856. The predicted octanol–water partition coefficient (Wildman–Crippen LogP) is 3.21. The Morgan fingerprint density at radius 3 is 2.23 bits per heavy atom. The fourth-order valence-electron chi connectivity index (χ4n) is 3.30. The summed E-state index contributed by atoms with van der Waals surface area (Å²) in [5, 5.41) is 35.4. The molecule has 3 rings (SSSR count). The molecule has 0 aliphatic carbocycles. The molecule has 0 amide bonds. The minimum atomic E-state index is -1.24. The summed E-state index contributed by atoms with van der Waals surface area (Å²) in [5.74, 6) is -3.51. The summed E-state index contributed by atoms with van der Waals surface area (Å²) in [4.78, 5) is 34.4. The van der Waals surface area contributed by atoms with Gasteiger partial charge in [0.25, 0.3) is 5.69 Å². The maximum absolute atomic E-state index is 11.8. The zero-order valence-corrected chi connectivity index (χ0v) is 14.6. The van der Waals surface area contributed by atoms with Gasteiger partial charge in [-0.3, -0.25) is 10.1 Å². The third kappa shape index (κ3) is 2.62. The van der Waals surface area contributed by atoms with E-state index in [9.17, 15) is 29.9 Å². The number of thiophene rings is 1. The van der Waals surface area contributed by atoms with E-state index in [0.29, 0.717) is 27.0 Å². The van der Waals surface area contributed by atoms with Gasteiger partial charge < -0.3 is 15.5 Å². The van der Waals surface area contributed by atoms with Gasteiger partial charge in [-0.15, -0.1) is 11.3 Å². The first-order valence-electron chi connectivity index (χ1n) is 7.53. The van der Waals surface area contributed by atoms with Gasteiger partial charge in [-0.2, -0.15) is 0 Å². The minimum Gasteiger partial charge on any atom is -0.478 e. The Kier molecular flexibility index (Phi) is 4.25. The van der Waals surface area contributed by atoms with Crippen LogP contribution in [0.2, 0.25) is 0 Å². The SMILES string of the molecule is CC1=C(C(=O)O)C(c2csc3c([N+](=O)[O-])cccc23)C(C(=O)O)=C(C)N1. The lowest BCUT2D eigenvalue weighted by Gasteiger charge is -2.28. The molecule has 134 valence electrons. The molecule has 0 atom stereocenters. The van der Waals surface area contributed by atoms with E-state index in [1.807, 2.05) is 0 Å². The number of nitro groups is 1. The molecule has 0 fully saturated rings. The largest absolute Gasteiger partial charge is 0.478 e. The number of nitrogens with zero attached hydrogens (tertiary/aromatic N) is 1. The van der Waals surface area contributed by atoms with Gasteiger partial charge in [-0.1, -0.05) is 12.1 Å². The standard InChI is InChI=1S/C17H14N2O6S/c1-7-12(16(20)21)14(13(17(22)23)8(2)18-7)10-6-26-15-9(10)4-3-5-11(15)19(24)25/h3-6,14,18H,1-2H3,(H,20,21)(H,22,23). The molecule has 1 aliphatic heterocycles. The predicted molar refractivity (Wildman–Crippen MR) is 95.0 cm³/mol. The van der Waals surface area contributed by atoms with Crippen LogP contribution in [0.1, 0.15) is 25.3 Å². The van der Waals surface area contributed by atoms with E-state index < -0.39 is 22.8 Å². The molecule has 3 N–H and O–H groups in total. The number of nitro benzene ring substituents is 1. The molecule has 1 aliphatic rings. The lowest BCUT2D eigenvalue weighted by atomic mass is 9.80. The second-order valence-corrected chi connectivity index (χ2v) is 6.73. The molecule has 9 heteroatoms. The topological polar surface area (TPSA) is 130 Å². The first-order valence-corrected chi connectivity index (χ1v) is 8.41. The zero-order valence-electron chi connectivity index (χ0n) is 13.8. The van der Waals surface area contributed by atoms with Crippen LogP contribution in [0.3, 0.4) is 0 Å². The van der Waals surface area contributed by atoms with Crippen molar-refractivity contribution in [2.45, 2.75) is 19.8 Å². The highest BCUT2D eigenvalue weighted by atomic mass is 32.1. The van der Waals surface area contributed by atoms with Crippen molar-refractivity contribution in [2.75, 3.05) is 0 Å². The molecular weight excluding hydrogens is 360 g/mol. The van der Waals surface area contributed by atoms with Gasteiger partial charge in [0.05, 0.1) is 22.0 Å². The van der Waals surface area contributed by atoms with E-state index in [4.69, 9.17) is 0 Å². The minimum absolute atomic E-state index is 0.0841. The summed E-state index contributed by atoms with van der Waals surface area (Å²) in [6, 6.07) is 4.51. The highest BCUT2D eigenvalue weighted by Gasteiger charge is 2.38. The van der Waals surface area contributed by atoms with Crippen LogP contribution in [0.5, 0.6) is 0 Å². The molecule has 1 aromatic heterocycles. The summed E-state index contributed by atoms with van der Waals surface area (Å²) in [6.07, 6.45) is 0. The number of benzene rings is 1. The lowest BCUT2D eigenvalue weighted by Crippen LogP contribution is -2.30. The van der Waals surface area contributed by atoms with Crippen LogP contribution in [-0.4, -0.2) is 27.1 Å². The van der Waals surface area contributed by atoms with E-state index in [-0.39, 0.29) is 16.8 Å². The number of carboxylic acid groups (broad SMARTS) is 2. The summed E-state index contributed by atoms with van der Waals surface area (Å²) < 4.78 is 0.385. The Balaban J connectivity index is 2.34.